The first-order valence-electron chi connectivity index (χ1n) is 3.28. The van der Waals surface area contributed by atoms with Gasteiger partial charge < -0.3 is 4.74 Å². The Morgan fingerprint density at radius 2 is 2.12 bits per heavy atom. The van der Waals surface area contributed by atoms with E-state index in [0.717, 1.165) is 0 Å². The van der Waals surface area contributed by atoms with Crippen molar-refractivity contribution in [3.05, 3.63) is 0 Å². The molecule has 0 saturated carbocycles. The van der Waals surface area contributed by atoms with Gasteiger partial charge in [-0.1, -0.05) is 0 Å². The maximum absolute atomic E-state index is 5.55. The molecule has 0 spiro atoms. The quantitative estimate of drug-likeness (QED) is 0.468. The second kappa shape index (κ2) is 1.73. The number of hydrogen-bond donors (Lipinski definition) is 0. The molecule has 0 N–H and O–H groups in total. The smallest absolute Gasteiger partial charge is 0.0631 e. The van der Waals surface area contributed by atoms with E-state index >= 15 is 0 Å². The van der Waals surface area contributed by atoms with Gasteiger partial charge in [0.15, 0.2) is 0 Å². The molecule has 1 aliphatic rings. The van der Waals surface area contributed by atoms with Crippen LogP contribution in [0.1, 0.15) is 33.6 Å². The predicted molar refractivity (Wildman–Crippen MR) is 33.9 cm³/mol. The number of hydrogen-bond acceptors (Lipinski definition) is 1. The molecule has 1 rings (SSSR count). The average molecular weight is 114 g/mol. The first-order valence-corrected chi connectivity index (χ1v) is 3.28. The fourth-order valence-electron chi connectivity index (χ4n) is 1.21. The van der Waals surface area contributed by atoms with Crippen molar-refractivity contribution in [1.82, 2.24) is 0 Å². The Labute approximate surface area is 51.0 Å². The van der Waals surface area contributed by atoms with Gasteiger partial charge in [-0.2, -0.15) is 0 Å². The molecule has 1 heteroatoms. The van der Waals surface area contributed by atoms with Crippen molar-refractivity contribution in [1.29, 1.82) is 0 Å². The molecule has 1 heterocycles. The van der Waals surface area contributed by atoms with E-state index in [2.05, 4.69) is 20.8 Å². The van der Waals surface area contributed by atoms with Crippen LogP contribution in [0, 0.1) is 0 Å². The molecule has 0 amide bonds. The molecule has 0 aromatic rings. The topological polar surface area (TPSA) is 9.23 Å². The summed E-state index contributed by atoms with van der Waals surface area (Å²) in [6, 6.07) is 0. The molecular formula is C7H14O. The average Bonchev–Trinajstić information content (AvgIpc) is 1.82. The molecule has 8 heavy (non-hydrogen) atoms. The monoisotopic (exact) mass is 114 g/mol. The fourth-order valence-corrected chi connectivity index (χ4v) is 1.21. The van der Waals surface area contributed by atoms with Crippen molar-refractivity contribution in [3.8, 4) is 0 Å². The normalized spacial score (nSPS) is 35.6. The minimum atomic E-state index is 0.166. The standard InChI is InChI=1S/C7H14O/c1-6-4-5-7(2,3)8-6/h6H,4-5H2,1-3H3. The van der Waals surface area contributed by atoms with Gasteiger partial charge in [-0.05, 0) is 33.6 Å². The van der Waals surface area contributed by atoms with E-state index in [0.29, 0.717) is 6.10 Å². The number of ether oxygens (including phenoxy) is 1. The highest BCUT2D eigenvalue weighted by Gasteiger charge is 2.28. The third kappa shape index (κ3) is 1.22. The summed E-state index contributed by atoms with van der Waals surface area (Å²) in [7, 11) is 0. The Morgan fingerprint density at radius 1 is 1.50 bits per heavy atom. The summed E-state index contributed by atoms with van der Waals surface area (Å²) in [6.45, 7) is 6.43. The molecule has 1 fully saturated rings. The van der Waals surface area contributed by atoms with Gasteiger partial charge in [0.25, 0.3) is 0 Å². The summed E-state index contributed by atoms with van der Waals surface area (Å²) in [5, 5.41) is 0. The molecule has 0 aromatic carbocycles. The van der Waals surface area contributed by atoms with Gasteiger partial charge in [-0.15, -0.1) is 0 Å². The highest BCUT2D eigenvalue weighted by Crippen LogP contribution is 2.28. The van der Waals surface area contributed by atoms with Crippen LogP contribution >= 0.6 is 0 Å². The Kier molecular flexibility index (Phi) is 1.31. The van der Waals surface area contributed by atoms with Crippen molar-refractivity contribution in [2.45, 2.75) is 45.3 Å². The van der Waals surface area contributed by atoms with Crippen LogP contribution < -0.4 is 0 Å². The van der Waals surface area contributed by atoms with E-state index in [1.807, 2.05) is 0 Å². The molecule has 0 aromatic heterocycles. The van der Waals surface area contributed by atoms with Crippen LogP contribution in [0.2, 0.25) is 0 Å². The molecule has 1 unspecified atom stereocenters. The zero-order valence-electron chi connectivity index (χ0n) is 5.90. The molecule has 0 bridgehead atoms. The highest BCUT2D eigenvalue weighted by atomic mass is 16.5. The Balaban J connectivity index is 2.44. The van der Waals surface area contributed by atoms with Gasteiger partial charge >= 0.3 is 0 Å². The van der Waals surface area contributed by atoms with Crippen molar-refractivity contribution < 1.29 is 4.74 Å². The van der Waals surface area contributed by atoms with Crippen LogP contribution in [0.3, 0.4) is 0 Å². The van der Waals surface area contributed by atoms with Crippen molar-refractivity contribution in [3.63, 3.8) is 0 Å². The molecule has 48 valence electrons. The van der Waals surface area contributed by atoms with E-state index in [1.165, 1.54) is 12.8 Å². The van der Waals surface area contributed by atoms with E-state index in [1.54, 1.807) is 0 Å². The predicted octanol–water partition coefficient (Wildman–Crippen LogP) is 1.96. The molecule has 0 aliphatic carbocycles. The maximum atomic E-state index is 5.55. The first kappa shape index (κ1) is 6.09. The number of rotatable bonds is 0. The molecular weight excluding hydrogens is 100 g/mol. The summed E-state index contributed by atoms with van der Waals surface area (Å²) in [4.78, 5) is 0. The van der Waals surface area contributed by atoms with Crippen LogP contribution in [0.25, 0.3) is 0 Å². The van der Waals surface area contributed by atoms with Gasteiger partial charge in [-0.3, -0.25) is 0 Å². The zero-order valence-corrected chi connectivity index (χ0v) is 5.90. The lowest BCUT2D eigenvalue weighted by atomic mass is 10.1. The van der Waals surface area contributed by atoms with Gasteiger partial charge in [0.2, 0.25) is 0 Å². The SMILES string of the molecule is CC1CCC(C)(C)O1. The third-order valence-electron chi connectivity index (χ3n) is 1.67. The summed E-state index contributed by atoms with van der Waals surface area (Å²) < 4.78 is 5.55. The van der Waals surface area contributed by atoms with Crippen LogP contribution in [0.15, 0.2) is 0 Å². The van der Waals surface area contributed by atoms with Gasteiger partial charge in [0.1, 0.15) is 0 Å². The third-order valence-corrected chi connectivity index (χ3v) is 1.67. The van der Waals surface area contributed by atoms with Crippen LogP contribution in [0.5, 0.6) is 0 Å². The first-order chi connectivity index (χ1) is 3.60. The Morgan fingerprint density at radius 3 is 2.25 bits per heavy atom. The fraction of sp³-hybridized carbons (Fsp3) is 1.00. The molecule has 1 saturated heterocycles. The highest BCUT2D eigenvalue weighted by molar-refractivity contribution is 4.77. The van der Waals surface area contributed by atoms with Crippen molar-refractivity contribution in [2.24, 2.45) is 0 Å². The summed E-state index contributed by atoms with van der Waals surface area (Å²) >= 11 is 0. The van der Waals surface area contributed by atoms with Crippen LogP contribution in [0.4, 0.5) is 0 Å². The summed E-state index contributed by atoms with van der Waals surface area (Å²) in [6.07, 6.45) is 2.94. The Hall–Kier alpha value is -0.0400. The van der Waals surface area contributed by atoms with Crippen LogP contribution in [-0.4, -0.2) is 11.7 Å². The summed E-state index contributed by atoms with van der Waals surface area (Å²) in [5.41, 5.74) is 0.166. The van der Waals surface area contributed by atoms with Crippen molar-refractivity contribution >= 4 is 0 Å². The lowest BCUT2D eigenvalue weighted by Gasteiger charge is -2.16. The van der Waals surface area contributed by atoms with E-state index in [4.69, 9.17) is 4.74 Å². The Bertz CT molecular complexity index is 86.4. The molecule has 1 aliphatic heterocycles. The minimum Gasteiger partial charge on any atom is -0.373 e. The van der Waals surface area contributed by atoms with E-state index in [9.17, 15) is 0 Å². The lowest BCUT2D eigenvalue weighted by Crippen LogP contribution is -2.18. The van der Waals surface area contributed by atoms with Gasteiger partial charge in [-0.25, -0.2) is 0 Å². The van der Waals surface area contributed by atoms with Gasteiger partial charge in [0, 0.05) is 0 Å². The minimum absolute atomic E-state index is 0.166. The van der Waals surface area contributed by atoms with Crippen molar-refractivity contribution in [2.75, 3.05) is 0 Å². The lowest BCUT2D eigenvalue weighted by molar-refractivity contribution is -0.00669. The van der Waals surface area contributed by atoms with Crippen LogP contribution in [-0.2, 0) is 4.74 Å². The summed E-state index contributed by atoms with van der Waals surface area (Å²) in [5.74, 6) is 0. The largest absolute Gasteiger partial charge is 0.373 e. The van der Waals surface area contributed by atoms with E-state index in [-0.39, 0.29) is 5.60 Å². The zero-order chi connectivity index (χ0) is 6.20. The van der Waals surface area contributed by atoms with Gasteiger partial charge in [0.05, 0.1) is 11.7 Å². The second-order valence-electron chi connectivity index (χ2n) is 3.23. The maximum Gasteiger partial charge on any atom is 0.0631 e. The molecule has 1 nitrogen and oxygen atoms in total. The van der Waals surface area contributed by atoms with E-state index < -0.39 is 0 Å². The molecule has 1 atom stereocenters. The second-order valence-corrected chi connectivity index (χ2v) is 3.23. The molecule has 0 radical (unpaired) electrons.